The lowest BCUT2D eigenvalue weighted by Crippen LogP contribution is -2.12. The predicted molar refractivity (Wildman–Crippen MR) is 46.7 cm³/mol. The molecule has 1 aromatic rings. The molecule has 0 bridgehead atoms. The molecule has 13 heavy (non-hydrogen) atoms. The van der Waals surface area contributed by atoms with Crippen LogP contribution in [-0.4, -0.2) is 16.7 Å². The molecule has 1 aliphatic rings. The summed E-state index contributed by atoms with van der Waals surface area (Å²) in [4.78, 5) is 3.97. The van der Waals surface area contributed by atoms with Gasteiger partial charge in [0.15, 0.2) is 0 Å². The van der Waals surface area contributed by atoms with Crippen molar-refractivity contribution in [1.29, 1.82) is 0 Å². The number of pyridine rings is 1. The molecule has 2 rings (SSSR count). The molecular weight excluding hydrogens is 169 g/mol. The summed E-state index contributed by atoms with van der Waals surface area (Å²) in [5, 5.41) is 9.06. The first-order chi connectivity index (χ1) is 6.26. The van der Waals surface area contributed by atoms with E-state index in [4.69, 9.17) is 5.11 Å². The normalized spacial score (nSPS) is 18.6. The minimum absolute atomic E-state index is 0.0603. The van der Waals surface area contributed by atoms with Crippen LogP contribution in [0.1, 0.15) is 18.5 Å². The van der Waals surface area contributed by atoms with E-state index < -0.39 is 0 Å². The highest BCUT2D eigenvalue weighted by atomic mass is 19.1. The Hall–Kier alpha value is -0.960. The van der Waals surface area contributed by atoms with Crippen LogP contribution in [0.2, 0.25) is 0 Å². The maximum Gasteiger partial charge on any atom is 0.144 e. The van der Waals surface area contributed by atoms with Crippen molar-refractivity contribution in [1.82, 2.24) is 4.98 Å². The van der Waals surface area contributed by atoms with Gasteiger partial charge in [0, 0.05) is 19.2 Å². The van der Waals surface area contributed by atoms with Gasteiger partial charge in [-0.2, -0.15) is 0 Å². The lowest BCUT2D eigenvalue weighted by atomic mass is 10.0. The molecule has 0 saturated heterocycles. The maximum atomic E-state index is 13.1. The average molecular weight is 181 g/mol. The van der Waals surface area contributed by atoms with E-state index in [1.54, 1.807) is 12.3 Å². The summed E-state index contributed by atoms with van der Waals surface area (Å²) in [5.41, 5.74) is 0.420. The van der Waals surface area contributed by atoms with E-state index >= 15 is 0 Å². The molecule has 0 atom stereocenters. The third-order valence-corrected chi connectivity index (χ3v) is 2.67. The zero-order chi connectivity index (χ0) is 9.31. The standard InChI is InChI=1S/C10H12FNO/c11-8-2-1-5-12-9(8)6-10(7-13)3-4-10/h1-2,5,13H,3-4,6-7H2. The Bertz CT molecular complexity index is 310. The van der Waals surface area contributed by atoms with E-state index in [1.807, 2.05) is 0 Å². The van der Waals surface area contributed by atoms with Crippen LogP contribution in [0.25, 0.3) is 0 Å². The minimum atomic E-state index is -0.262. The number of rotatable bonds is 3. The third-order valence-electron chi connectivity index (χ3n) is 2.67. The van der Waals surface area contributed by atoms with E-state index in [9.17, 15) is 4.39 Å². The van der Waals surface area contributed by atoms with Gasteiger partial charge in [-0.25, -0.2) is 4.39 Å². The summed E-state index contributed by atoms with van der Waals surface area (Å²) in [6, 6.07) is 2.99. The van der Waals surface area contributed by atoms with Crippen LogP contribution >= 0.6 is 0 Å². The minimum Gasteiger partial charge on any atom is -0.396 e. The topological polar surface area (TPSA) is 33.1 Å². The van der Waals surface area contributed by atoms with Crippen molar-refractivity contribution in [3.05, 3.63) is 29.8 Å². The van der Waals surface area contributed by atoms with Crippen molar-refractivity contribution in [3.63, 3.8) is 0 Å². The van der Waals surface area contributed by atoms with Gasteiger partial charge in [0.05, 0.1) is 5.69 Å². The summed E-state index contributed by atoms with van der Waals surface area (Å²) in [6.45, 7) is 0.142. The monoisotopic (exact) mass is 181 g/mol. The maximum absolute atomic E-state index is 13.1. The number of aliphatic hydroxyl groups is 1. The van der Waals surface area contributed by atoms with Gasteiger partial charge in [-0.3, -0.25) is 4.98 Å². The van der Waals surface area contributed by atoms with Gasteiger partial charge in [0.25, 0.3) is 0 Å². The number of hydrogen-bond donors (Lipinski definition) is 1. The Labute approximate surface area is 76.4 Å². The average Bonchev–Trinajstić information content (AvgIpc) is 2.90. The summed E-state index contributed by atoms with van der Waals surface area (Å²) in [7, 11) is 0. The molecule has 0 unspecified atom stereocenters. The molecule has 1 N–H and O–H groups in total. The molecule has 0 radical (unpaired) electrons. The zero-order valence-electron chi connectivity index (χ0n) is 7.33. The first kappa shape index (κ1) is 8.63. The van der Waals surface area contributed by atoms with Crippen molar-refractivity contribution in [2.24, 2.45) is 5.41 Å². The van der Waals surface area contributed by atoms with Crippen molar-refractivity contribution in [2.75, 3.05) is 6.61 Å². The Balaban J connectivity index is 2.14. The molecule has 0 aromatic carbocycles. The van der Waals surface area contributed by atoms with E-state index in [0.717, 1.165) is 12.8 Å². The lowest BCUT2D eigenvalue weighted by molar-refractivity contribution is 0.209. The van der Waals surface area contributed by atoms with Crippen LogP contribution < -0.4 is 0 Å². The predicted octanol–water partition coefficient (Wildman–Crippen LogP) is 1.54. The highest BCUT2D eigenvalue weighted by molar-refractivity contribution is 5.12. The van der Waals surface area contributed by atoms with Gasteiger partial charge >= 0.3 is 0 Å². The second-order valence-corrected chi connectivity index (χ2v) is 3.77. The van der Waals surface area contributed by atoms with E-state index in [1.165, 1.54) is 6.07 Å². The molecule has 1 aliphatic carbocycles. The van der Waals surface area contributed by atoms with Crippen LogP contribution in [0.3, 0.4) is 0 Å². The highest BCUT2D eigenvalue weighted by Crippen LogP contribution is 2.47. The molecule has 3 heteroatoms. The number of aromatic nitrogens is 1. The second kappa shape index (κ2) is 3.07. The van der Waals surface area contributed by atoms with Crippen molar-refractivity contribution >= 4 is 0 Å². The lowest BCUT2D eigenvalue weighted by Gasteiger charge is -2.10. The van der Waals surface area contributed by atoms with Crippen LogP contribution in [0.15, 0.2) is 18.3 Å². The highest BCUT2D eigenvalue weighted by Gasteiger charge is 2.42. The fourth-order valence-electron chi connectivity index (χ4n) is 1.47. The van der Waals surface area contributed by atoms with Crippen molar-refractivity contribution in [3.8, 4) is 0 Å². The Morgan fingerprint density at radius 2 is 2.31 bits per heavy atom. The van der Waals surface area contributed by atoms with Gasteiger partial charge in [-0.1, -0.05) is 0 Å². The fourth-order valence-corrected chi connectivity index (χ4v) is 1.47. The van der Waals surface area contributed by atoms with Gasteiger partial charge in [-0.05, 0) is 30.4 Å². The molecule has 70 valence electrons. The Morgan fingerprint density at radius 1 is 1.54 bits per heavy atom. The SMILES string of the molecule is OCC1(Cc2ncccc2F)CC1. The van der Waals surface area contributed by atoms with Gasteiger partial charge < -0.3 is 5.11 Å². The first-order valence-electron chi connectivity index (χ1n) is 4.46. The Kier molecular flexibility index (Phi) is 2.04. The molecule has 0 amide bonds. The molecular formula is C10H12FNO. The van der Waals surface area contributed by atoms with E-state index in [0.29, 0.717) is 12.1 Å². The van der Waals surface area contributed by atoms with E-state index in [2.05, 4.69) is 4.98 Å². The first-order valence-corrected chi connectivity index (χ1v) is 4.46. The molecule has 0 aliphatic heterocycles. The largest absolute Gasteiger partial charge is 0.396 e. The van der Waals surface area contributed by atoms with Crippen molar-refractivity contribution in [2.45, 2.75) is 19.3 Å². The summed E-state index contributed by atoms with van der Waals surface area (Å²) >= 11 is 0. The number of nitrogens with zero attached hydrogens (tertiary/aromatic N) is 1. The fraction of sp³-hybridized carbons (Fsp3) is 0.500. The Morgan fingerprint density at radius 3 is 2.85 bits per heavy atom. The van der Waals surface area contributed by atoms with Gasteiger partial charge in [-0.15, -0.1) is 0 Å². The molecule has 1 heterocycles. The molecule has 1 saturated carbocycles. The zero-order valence-corrected chi connectivity index (χ0v) is 7.33. The number of aliphatic hydroxyl groups excluding tert-OH is 1. The molecule has 1 fully saturated rings. The van der Waals surface area contributed by atoms with E-state index in [-0.39, 0.29) is 17.8 Å². The third kappa shape index (κ3) is 1.70. The molecule has 0 spiro atoms. The molecule has 1 aromatic heterocycles. The van der Waals surface area contributed by atoms with Gasteiger partial charge in [0.1, 0.15) is 5.82 Å². The smallest absolute Gasteiger partial charge is 0.144 e. The summed E-state index contributed by atoms with van der Waals surface area (Å²) < 4.78 is 13.1. The van der Waals surface area contributed by atoms with Crippen LogP contribution in [0, 0.1) is 11.2 Å². The van der Waals surface area contributed by atoms with Crippen LogP contribution in [-0.2, 0) is 6.42 Å². The van der Waals surface area contributed by atoms with Crippen molar-refractivity contribution < 1.29 is 9.50 Å². The van der Waals surface area contributed by atoms with Gasteiger partial charge in [0.2, 0.25) is 0 Å². The quantitative estimate of drug-likeness (QED) is 0.767. The summed E-state index contributed by atoms with van der Waals surface area (Å²) in [6.07, 6.45) is 4.13. The number of halogens is 1. The second-order valence-electron chi connectivity index (χ2n) is 3.77. The molecule has 2 nitrogen and oxygen atoms in total. The van der Waals surface area contributed by atoms with Crippen LogP contribution in [0.5, 0.6) is 0 Å². The van der Waals surface area contributed by atoms with Crippen LogP contribution in [0.4, 0.5) is 4.39 Å². The summed E-state index contributed by atoms with van der Waals surface area (Å²) in [5.74, 6) is -0.262. The number of hydrogen-bond acceptors (Lipinski definition) is 2.